The predicted octanol–water partition coefficient (Wildman–Crippen LogP) is 3.59. The van der Waals surface area contributed by atoms with E-state index in [-0.39, 0.29) is 21.9 Å². The van der Waals surface area contributed by atoms with Gasteiger partial charge in [-0.05, 0) is 23.9 Å². The van der Waals surface area contributed by atoms with Crippen LogP contribution in [0, 0.1) is 27.2 Å². The summed E-state index contributed by atoms with van der Waals surface area (Å²) in [5.41, 5.74) is 2.98. The molecule has 144 valence electrons. The first-order valence-corrected chi connectivity index (χ1v) is 8.39. The van der Waals surface area contributed by atoms with Crippen LogP contribution in [0.4, 0.5) is 17.1 Å². The molecule has 3 aromatic rings. The lowest BCUT2D eigenvalue weighted by Crippen LogP contribution is -2.44. The normalized spacial score (nSPS) is 12.9. The molecule has 0 fully saturated rings. The Kier molecular flexibility index (Phi) is 3.97. The Morgan fingerprint density at radius 1 is 0.862 bits per heavy atom. The number of hydrogen-bond donors (Lipinski definition) is 1. The van der Waals surface area contributed by atoms with Crippen LogP contribution in [-0.4, -0.2) is 26.7 Å². The van der Waals surface area contributed by atoms with Gasteiger partial charge in [-0.25, -0.2) is 0 Å². The minimum Gasteiger partial charge on any atom is -0.288 e. The molecule has 1 aliphatic heterocycles. The van der Waals surface area contributed by atoms with Gasteiger partial charge in [0, 0.05) is 29.7 Å². The lowest BCUT2D eigenvalue weighted by molar-refractivity contribution is -0.385. The van der Waals surface area contributed by atoms with Gasteiger partial charge in [0.25, 0.3) is 23.2 Å². The van der Waals surface area contributed by atoms with Crippen molar-refractivity contribution in [1.82, 2.24) is 5.01 Å². The van der Waals surface area contributed by atoms with Crippen LogP contribution in [0.2, 0.25) is 0 Å². The number of aryl methyl sites for hydroxylation is 1. The first-order chi connectivity index (χ1) is 13.8. The lowest BCUT2D eigenvalue weighted by atomic mass is 9.93. The molecule has 2 amide bonds. The largest absolute Gasteiger partial charge is 0.288 e. The third kappa shape index (κ3) is 2.83. The second kappa shape index (κ2) is 6.37. The number of nitro benzene ring substituents is 2. The van der Waals surface area contributed by atoms with Crippen molar-refractivity contribution in [2.45, 2.75) is 6.92 Å². The van der Waals surface area contributed by atoms with Gasteiger partial charge in [0.1, 0.15) is 0 Å². The van der Waals surface area contributed by atoms with E-state index in [1.165, 1.54) is 0 Å². The first kappa shape index (κ1) is 18.0. The van der Waals surface area contributed by atoms with Gasteiger partial charge in [0.15, 0.2) is 0 Å². The van der Waals surface area contributed by atoms with Crippen molar-refractivity contribution in [2.24, 2.45) is 0 Å². The van der Waals surface area contributed by atoms with Crippen LogP contribution in [-0.2, 0) is 0 Å². The summed E-state index contributed by atoms with van der Waals surface area (Å²) in [6.45, 7) is 1.77. The van der Waals surface area contributed by atoms with Crippen LogP contribution in [0.1, 0.15) is 26.3 Å². The molecule has 0 saturated heterocycles. The van der Waals surface area contributed by atoms with E-state index in [1.807, 2.05) is 0 Å². The van der Waals surface area contributed by atoms with Crippen LogP contribution < -0.4 is 5.43 Å². The third-order valence-electron chi connectivity index (χ3n) is 4.68. The number of carbonyl (C=O) groups is 2. The van der Waals surface area contributed by atoms with Crippen molar-refractivity contribution >= 4 is 39.6 Å². The van der Waals surface area contributed by atoms with Crippen LogP contribution in [0.3, 0.4) is 0 Å². The van der Waals surface area contributed by atoms with E-state index in [0.29, 0.717) is 10.7 Å². The number of para-hydroxylation sites is 1. The number of amides is 2. The average molecular weight is 392 g/mol. The summed E-state index contributed by atoms with van der Waals surface area (Å²) in [5, 5.41) is 23.5. The number of rotatable bonds is 4. The SMILES string of the molecule is Cc1ccccc1NN1C(=O)c2cc([N+](=O)[O-])cc3cc([N+](=O)[O-])cc(c23)C1=O. The van der Waals surface area contributed by atoms with Gasteiger partial charge in [-0.15, -0.1) is 0 Å². The molecule has 0 spiro atoms. The molecule has 0 atom stereocenters. The Bertz CT molecular complexity index is 1180. The highest BCUT2D eigenvalue weighted by Gasteiger charge is 2.36. The Morgan fingerprint density at radius 3 is 1.86 bits per heavy atom. The summed E-state index contributed by atoms with van der Waals surface area (Å²) in [6.07, 6.45) is 0. The molecule has 1 aliphatic rings. The van der Waals surface area contributed by atoms with Crippen molar-refractivity contribution < 1.29 is 19.4 Å². The molecule has 1 N–H and O–H groups in total. The van der Waals surface area contributed by atoms with E-state index in [0.717, 1.165) is 29.8 Å². The summed E-state index contributed by atoms with van der Waals surface area (Å²) in [5.74, 6) is -1.57. The van der Waals surface area contributed by atoms with Gasteiger partial charge < -0.3 is 0 Å². The summed E-state index contributed by atoms with van der Waals surface area (Å²) >= 11 is 0. The highest BCUT2D eigenvalue weighted by Crippen LogP contribution is 2.36. The Morgan fingerprint density at radius 2 is 1.38 bits per heavy atom. The number of nitrogens with zero attached hydrogens (tertiary/aromatic N) is 3. The number of hydrazine groups is 1. The van der Waals surface area contributed by atoms with Crippen LogP contribution in [0.15, 0.2) is 48.5 Å². The van der Waals surface area contributed by atoms with Gasteiger partial charge >= 0.3 is 0 Å². The fourth-order valence-electron chi connectivity index (χ4n) is 3.29. The lowest BCUT2D eigenvalue weighted by Gasteiger charge is -2.28. The molecule has 0 bridgehead atoms. The van der Waals surface area contributed by atoms with Crippen molar-refractivity contribution in [2.75, 3.05) is 5.43 Å². The van der Waals surface area contributed by atoms with Crippen molar-refractivity contribution in [3.8, 4) is 0 Å². The van der Waals surface area contributed by atoms with Crippen molar-refractivity contribution in [3.05, 3.63) is 85.4 Å². The maximum Gasteiger partial charge on any atom is 0.280 e. The molecule has 0 aromatic heterocycles. The van der Waals surface area contributed by atoms with Gasteiger partial charge in [-0.1, -0.05) is 18.2 Å². The molecule has 3 aromatic carbocycles. The molecule has 0 aliphatic carbocycles. The highest BCUT2D eigenvalue weighted by molar-refractivity contribution is 6.26. The number of non-ortho nitro benzene ring substituents is 2. The van der Waals surface area contributed by atoms with E-state index in [4.69, 9.17) is 0 Å². The molecule has 29 heavy (non-hydrogen) atoms. The molecule has 0 unspecified atom stereocenters. The topological polar surface area (TPSA) is 136 Å². The zero-order valence-electron chi connectivity index (χ0n) is 14.9. The molecule has 10 heteroatoms. The van der Waals surface area contributed by atoms with Crippen LogP contribution >= 0.6 is 0 Å². The van der Waals surface area contributed by atoms with E-state index >= 15 is 0 Å². The van der Waals surface area contributed by atoms with E-state index in [1.54, 1.807) is 31.2 Å². The predicted molar refractivity (Wildman–Crippen MR) is 103 cm³/mol. The van der Waals surface area contributed by atoms with Gasteiger partial charge in [-0.2, -0.15) is 5.01 Å². The van der Waals surface area contributed by atoms with E-state index < -0.39 is 33.0 Å². The number of hydrogen-bond acceptors (Lipinski definition) is 7. The number of nitro groups is 2. The second-order valence-corrected chi connectivity index (χ2v) is 6.47. The van der Waals surface area contributed by atoms with Crippen LogP contribution in [0.5, 0.6) is 0 Å². The Hall–Kier alpha value is -4.34. The summed E-state index contributed by atoms with van der Waals surface area (Å²) < 4.78 is 0. The summed E-state index contributed by atoms with van der Waals surface area (Å²) in [4.78, 5) is 47.2. The van der Waals surface area contributed by atoms with Gasteiger partial charge in [-0.3, -0.25) is 35.2 Å². The van der Waals surface area contributed by atoms with Gasteiger partial charge in [0.05, 0.1) is 26.7 Å². The molecular formula is C19H12N4O6. The number of imide groups is 1. The van der Waals surface area contributed by atoms with Crippen molar-refractivity contribution in [3.63, 3.8) is 0 Å². The van der Waals surface area contributed by atoms with E-state index in [2.05, 4.69) is 5.43 Å². The van der Waals surface area contributed by atoms with E-state index in [9.17, 15) is 29.8 Å². The standard InChI is InChI=1S/C19H12N4O6/c1-10-4-2-3-5-16(10)20-21-18(24)14-8-12(22(26)27)6-11-7-13(23(28)29)9-15(17(11)14)19(21)25/h2-9,20H,1H3. The first-order valence-electron chi connectivity index (χ1n) is 8.39. The van der Waals surface area contributed by atoms with Crippen LogP contribution in [0.25, 0.3) is 10.8 Å². The fraction of sp³-hybridized carbons (Fsp3) is 0.0526. The smallest absolute Gasteiger partial charge is 0.280 e. The summed E-state index contributed by atoms with van der Waals surface area (Å²) in [6, 6.07) is 11.3. The Balaban J connectivity index is 1.96. The summed E-state index contributed by atoms with van der Waals surface area (Å²) in [7, 11) is 0. The maximum atomic E-state index is 13.0. The second-order valence-electron chi connectivity index (χ2n) is 6.47. The minimum atomic E-state index is -0.784. The zero-order chi connectivity index (χ0) is 20.9. The molecule has 1 heterocycles. The van der Waals surface area contributed by atoms with Gasteiger partial charge in [0.2, 0.25) is 0 Å². The number of benzene rings is 3. The average Bonchev–Trinajstić information content (AvgIpc) is 2.69. The fourth-order valence-corrected chi connectivity index (χ4v) is 3.29. The van der Waals surface area contributed by atoms with Crippen molar-refractivity contribution in [1.29, 1.82) is 0 Å². The monoisotopic (exact) mass is 392 g/mol. The highest BCUT2D eigenvalue weighted by atomic mass is 16.6. The molecule has 0 saturated carbocycles. The molecule has 0 radical (unpaired) electrons. The number of nitrogens with one attached hydrogen (secondary N) is 1. The molecular weight excluding hydrogens is 380 g/mol. The minimum absolute atomic E-state index is 0.0793. The quantitative estimate of drug-likeness (QED) is 0.407. The Labute approximate surface area is 162 Å². The zero-order valence-corrected chi connectivity index (χ0v) is 14.9. The molecule has 4 rings (SSSR count). The maximum absolute atomic E-state index is 13.0. The number of anilines is 1. The number of carbonyl (C=O) groups excluding carboxylic acids is 2. The third-order valence-corrected chi connectivity index (χ3v) is 4.68. The molecule has 10 nitrogen and oxygen atoms in total.